The van der Waals surface area contributed by atoms with Gasteiger partial charge >= 0.3 is 0 Å². The molecule has 120 valence electrons. The first-order valence-electron chi connectivity index (χ1n) is 7.56. The van der Waals surface area contributed by atoms with Gasteiger partial charge in [-0.15, -0.1) is 0 Å². The molecule has 4 nitrogen and oxygen atoms in total. The van der Waals surface area contributed by atoms with E-state index < -0.39 is 15.6 Å². The lowest BCUT2D eigenvalue weighted by atomic mass is 9.99. The van der Waals surface area contributed by atoms with E-state index >= 15 is 0 Å². The van der Waals surface area contributed by atoms with Gasteiger partial charge in [-0.1, -0.05) is 51.1 Å². The van der Waals surface area contributed by atoms with Gasteiger partial charge in [-0.2, -0.15) is 4.31 Å². The molecule has 0 saturated heterocycles. The molecule has 0 aliphatic carbocycles. The fraction of sp³-hybridized carbons (Fsp3) is 0.625. The number of benzene rings is 1. The van der Waals surface area contributed by atoms with E-state index in [2.05, 4.69) is 0 Å². The molecular formula is C16H28N2O2S. The zero-order valence-electron chi connectivity index (χ0n) is 13.5. The van der Waals surface area contributed by atoms with Crippen LogP contribution in [0.2, 0.25) is 0 Å². The lowest BCUT2D eigenvalue weighted by Gasteiger charge is -2.38. The fourth-order valence-electron chi connectivity index (χ4n) is 2.62. The van der Waals surface area contributed by atoms with Gasteiger partial charge in [-0.25, -0.2) is 8.42 Å². The average molecular weight is 312 g/mol. The molecule has 1 rings (SSSR count). The quantitative estimate of drug-likeness (QED) is 0.802. The molecule has 0 saturated carbocycles. The molecule has 0 aliphatic heterocycles. The van der Waals surface area contributed by atoms with Crippen LogP contribution < -0.4 is 5.73 Å². The monoisotopic (exact) mass is 312 g/mol. The van der Waals surface area contributed by atoms with Crippen LogP contribution >= 0.6 is 0 Å². The smallest absolute Gasteiger partial charge is 0.215 e. The summed E-state index contributed by atoms with van der Waals surface area (Å²) >= 11 is 0. The van der Waals surface area contributed by atoms with E-state index in [1.165, 1.54) is 0 Å². The summed E-state index contributed by atoms with van der Waals surface area (Å²) in [6.45, 7) is 8.50. The first-order chi connectivity index (χ1) is 9.80. The Morgan fingerprint density at radius 3 is 2.24 bits per heavy atom. The summed E-state index contributed by atoms with van der Waals surface area (Å²) in [5, 5.41) is 0. The van der Waals surface area contributed by atoms with Gasteiger partial charge in [0.1, 0.15) is 0 Å². The molecular weight excluding hydrogens is 284 g/mol. The molecule has 0 heterocycles. The first kappa shape index (κ1) is 18.1. The summed E-state index contributed by atoms with van der Waals surface area (Å²) in [5.41, 5.74) is 6.36. The molecule has 0 bridgehead atoms. The Morgan fingerprint density at radius 2 is 1.81 bits per heavy atom. The summed E-state index contributed by atoms with van der Waals surface area (Å²) in [6.07, 6.45) is 0.705. The molecule has 21 heavy (non-hydrogen) atoms. The van der Waals surface area contributed by atoms with Gasteiger partial charge in [0.05, 0.1) is 5.75 Å². The second-order valence-corrected chi connectivity index (χ2v) is 7.75. The number of nitrogens with zero attached hydrogens (tertiary/aromatic N) is 1. The average Bonchev–Trinajstić information content (AvgIpc) is 2.47. The standard InChI is InChI=1S/C16H28N2O2S/c1-5-16(4,13-17)18(6-2)21(19,20)12-14(3)15-10-8-7-9-11-15/h7-11,14H,5-6,12-13,17H2,1-4H3. The topological polar surface area (TPSA) is 63.4 Å². The maximum atomic E-state index is 12.8. The third-order valence-electron chi connectivity index (χ3n) is 4.26. The van der Waals surface area contributed by atoms with E-state index in [4.69, 9.17) is 5.73 Å². The molecule has 2 N–H and O–H groups in total. The van der Waals surface area contributed by atoms with E-state index in [9.17, 15) is 8.42 Å². The number of nitrogens with two attached hydrogens (primary N) is 1. The van der Waals surface area contributed by atoms with Crippen molar-refractivity contribution >= 4 is 10.0 Å². The van der Waals surface area contributed by atoms with Crippen molar-refractivity contribution in [2.45, 2.75) is 45.6 Å². The Balaban J connectivity index is 2.99. The molecule has 0 amide bonds. The molecule has 5 heteroatoms. The zero-order chi connectivity index (χ0) is 16.1. The molecule has 2 unspecified atom stereocenters. The number of likely N-dealkylation sites (N-methyl/N-ethyl adjacent to an activating group) is 1. The highest BCUT2D eigenvalue weighted by Gasteiger charge is 2.37. The Morgan fingerprint density at radius 1 is 1.24 bits per heavy atom. The Labute approximate surface area is 129 Å². The highest BCUT2D eigenvalue weighted by molar-refractivity contribution is 7.89. The Hall–Kier alpha value is -0.910. The van der Waals surface area contributed by atoms with Crippen molar-refractivity contribution in [3.63, 3.8) is 0 Å². The number of rotatable bonds is 8. The maximum Gasteiger partial charge on any atom is 0.215 e. The third-order valence-corrected chi connectivity index (χ3v) is 6.55. The predicted octanol–water partition coefficient (Wildman–Crippen LogP) is 2.57. The minimum absolute atomic E-state index is 0.0378. The van der Waals surface area contributed by atoms with Crippen LogP contribution in [0, 0.1) is 0 Å². The van der Waals surface area contributed by atoms with Crippen molar-refractivity contribution in [1.82, 2.24) is 4.31 Å². The van der Waals surface area contributed by atoms with Crippen LogP contribution in [0.5, 0.6) is 0 Å². The van der Waals surface area contributed by atoms with Gasteiger partial charge in [0.25, 0.3) is 0 Å². The van der Waals surface area contributed by atoms with E-state index in [-0.39, 0.29) is 11.7 Å². The fourth-order valence-corrected chi connectivity index (χ4v) is 4.89. The zero-order valence-corrected chi connectivity index (χ0v) is 14.4. The highest BCUT2D eigenvalue weighted by Crippen LogP contribution is 2.25. The molecule has 1 aromatic carbocycles. The predicted molar refractivity (Wildman–Crippen MR) is 88.8 cm³/mol. The van der Waals surface area contributed by atoms with E-state index in [1.807, 2.05) is 58.0 Å². The minimum atomic E-state index is -3.35. The van der Waals surface area contributed by atoms with Crippen LogP contribution in [0.3, 0.4) is 0 Å². The lowest BCUT2D eigenvalue weighted by molar-refractivity contribution is 0.213. The normalized spacial score (nSPS) is 16.7. The summed E-state index contributed by atoms with van der Waals surface area (Å²) in [4.78, 5) is 0. The van der Waals surface area contributed by atoms with Crippen LogP contribution in [0.15, 0.2) is 30.3 Å². The van der Waals surface area contributed by atoms with Gasteiger partial charge in [0.15, 0.2) is 0 Å². The van der Waals surface area contributed by atoms with Crippen molar-refractivity contribution < 1.29 is 8.42 Å². The number of hydrogen-bond donors (Lipinski definition) is 1. The number of hydrogen-bond acceptors (Lipinski definition) is 3. The second-order valence-electron chi connectivity index (χ2n) is 5.81. The molecule has 0 radical (unpaired) electrons. The molecule has 0 spiro atoms. The van der Waals surface area contributed by atoms with Crippen LogP contribution in [-0.4, -0.2) is 37.1 Å². The van der Waals surface area contributed by atoms with E-state index in [0.717, 1.165) is 5.56 Å². The summed E-state index contributed by atoms with van der Waals surface area (Å²) in [7, 11) is -3.35. The Bertz CT molecular complexity index is 524. The van der Waals surface area contributed by atoms with Gasteiger partial charge in [-0.05, 0) is 24.8 Å². The maximum absolute atomic E-state index is 12.8. The van der Waals surface area contributed by atoms with Crippen LogP contribution in [0.1, 0.15) is 45.6 Å². The van der Waals surface area contributed by atoms with Gasteiger partial charge in [0, 0.05) is 18.6 Å². The minimum Gasteiger partial charge on any atom is -0.329 e. The van der Waals surface area contributed by atoms with Crippen molar-refractivity contribution in [3.05, 3.63) is 35.9 Å². The van der Waals surface area contributed by atoms with Gasteiger partial charge < -0.3 is 5.73 Å². The SMILES string of the molecule is CCN(C(C)(CC)CN)S(=O)(=O)CC(C)c1ccccc1. The lowest BCUT2D eigenvalue weighted by Crippen LogP contribution is -2.54. The van der Waals surface area contributed by atoms with Crippen molar-refractivity contribution in [3.8, 4) is 0 Å². The van der Waals surface area contributed by atoms with Crippen LogP contribution in [0.25, 0.3) is 0 Å². The second kappa shape index (κ2) is 7.38. The number of sulfonamides is 1. The van der Waals surface area contributed by atoms with Crippen molar-refractivity contribution in [1.29, 1.82) is 0 Å². The van der Waals surface area contributed by atoms with Gasteiger partial charge in [0.2, 0.25) is 10.0 Å². The summed E-state index contributed by atoms with van der Waals surface area (Å²) in [5.74, 6) is 0.0737. The highest BCUT2D eigenvalue weighted by atomic mass is 32.2. The van der Waals surface area contributed by atoms with E-state index in [0.29, 0.717) is 19.5 Å². The van der Waals surface area contributed by atoms with Crippen molar-refractivity contribution in [2.75, 3.05) is 18.8 Å². The molecule has 1 aromatic rings. The largest absolute Gasteiger partial charge is 0.329 e. The van der Waals surface area contributed by atoms with Gasteiger partial charge in [-0.3, -0.25) is 0 Å². The molecule has 0 aromatic heterocycles. The first-order valence-corrected chi connectivity index (χ1v) is 9.17. The van der Waals surface area contributed by atoms with Crippen LogP contribution in [-0.2, 0) is 10.0 Å². The molecule has 0 aliphatic rings. The Kier molecular flexibility index (Phi) is 6.38. The third kappa shape index (κ3) is 4.28. The molecule has 0 fully saturated rings. The van der Waals surface area contributed by atoms with Crippen molar-refractivity contribution in [2.24, 2.45) is 5.73 Å². The summed E-state index contributed by atoms with van der Waals surface area (Å²) < 4.78 is 27.1. The summed E-state index contributed by atoms with van der Waals surface area (Å²) in [6, 6.07) is 9.75. The molecule has 2 atom stereocenters. The van der Waals surface area contributed by atoms with Crippen LogP contribution in [0.4, 0.5) is 0 Å². The van der Waals surface area contributed by atoms with E-state index in [1.54, 1.807) is 4.31 Å².